The van der Waals surface area contributed by atoms with Gasteiger partial charge in [0.25, 0.3) is 0 Å². The average Bonchev–Trinajstić information content (AvgIpc) is 2.76. The third-order valence-corrected chi connectivity index (χ3v) is 2.63. The molecule has 1 aliphatic heterocycles. The molecule has 0 spiro atoms. The number of aromatic nitrogens is 2. The van der Waals surface area contributed by atoms with Gasteiger partial charge < -0.3 is 10.1 Å². The van der Waals surface area contributed by atoms with E-state index < -0.39 is 0 Å². The number of hydrogen-bond donors (Lipinski definition) is 1. The molecule has 2 heterocycles. The SMILES string of the molecule is CC(C)n1cc(NCC2=CCCOC2)cn1. The molecule has 1 N–H and O–H groups in total. The van der Waals surface area contributed by atoms with Crippen molar-refractivity contribution in [3.63, 3.8) is 0 Å². The second-order valence-corrected chi connectivity index (χ2v) is 4.36. The highest BCUT2D eigenvalue weighted by atomic mass is 16.5. The van der Waals surface area contributed by atoms with Crippen molar-refractivity contribution >= 4 is 5.69 Å². The number of ether oxygens (including phenoxy) is 1. The Hall–Kier alpha value is -1.29. The maximum Gasteiger partial charge on any atom is 0.0729 e. The van der Waals surface area contributed by atoms with E-state index in [1.54, 1.807) is 0 Å². The minimum Gasteiger partial charge on any atom is -0.379 e. The van der Waals surface area contributed by atoms with E-state index in [9.17, 15) is 0 Å². The zero-order valence-corrected chi connectivity index (χ0v) is 9.94. The lowest BCUT2D eigenvalue weighted by Gasteiger charge is -2.14. The highest BCUT2D eigenvalue weighted by Gasteiger charge is 2.05. The lowest BCUT2D eigenvalue weighted by atomic mass is 10.2. The van der Waals surface area contributed by atoms with Crippen molar-refractivity contribution in [2.45, 2.75) is 26.3 Å². The number of nitrogens with zero attached hydrogens (tertiary/aromatic N) is 2. The highest BCUT2D eigenvalue weighted by Crippen LogP contribution is 2.11. The first-order valence-electron chi connectivity index (χ1n) is 5.79. The molecule has 0 aliphatic carbocycles. The molecule has 1 aromatic heterocycles. The topological polar surface area (TPSA) is 39.1 Å². The van der Waals surface area contributed by atoms with Crippen molar-refractivity contribution in [1.82, 2.24) is 9.78 Å². The third kappa shape index (κ3) is 2.85. The normalized spacial score (nSPS) is 16.3. The average molecular weight is 221 g/mol. The zero-order valence-electron chi connectivity index (χ0n) is 9.94. The molecule has 1 aliphatic rings. The fraction of sp³-hybridized carbons (Fsp3) is 0.583. The molecule has 4 nitrogen and oxygen atoms in total. The Bertz CT molecular complexity index is 368. The van der Waals surface area contributed by atoms with Crippen molar-refractivity contribution in [1.29, 1.82) is 0 Å². The van der Waals surface area contributed by atoms with Gasteiger partial charge in [0.15, 0.2) is 0 Å². The standard InChI is InChI=1S/C12H19N3O/c1-10(2)15-8-12(7-14-15)13-6-11-4-3-5-16-9-11/h4,7-8,10,13H,3,5-6,9H2,1-2H3. The number of rotatable bonds is 4. The lowest BCUT2D eigenvalue weighted by molar-refractivity contribution is 0.150. The molecule has 0 bridgehead atoms. The second-order valence-electron chi connectivity index (χ2n) is 4.36. The van der Waals surface area contributed by atoms with Crippen LogP contribution in [0.1, 0.15) is 26.3 Å². The molecule has 2 rings (SSSR count). The van der Waals surface area contributed by atoms with Crippen molar-refractivity contribution in [2.75, 3.05) is 25.1 Å². The van der Waals surface area contributed by atoms with Crippen LogP contribution in [0.2, 0.25) is 0 Å². The van der Waals surface area contributed by atoms with Gasteiger partial charge in [-0.2, -0.15) is 5.10 Å². The first kappa shape index (κ1) is 11.2. The van der Waals surface area contributed by atoms with Gasteiger partial charge in [-0.05, 0) is 25.8 Å². The largest absolute Gasteiger partial charge is 0.379 e. The molecule has 1 aromatic rings. The smallest absolute Gasteiger partial charge is 0.0729 e. The Balaban J connectivity index is 1.86. The molecular formula is C12H19N3O. The summed E-state index contributed by atoms with van der Waals surface area (Å²) >= 11 is 0. The molecule has 0 aromatic carbocycles. The van der Waals surface area contributed by atoms with E-state index in [2.05, 4.69) is 30.3 Å². The van der Waals surface area contributed by atoms with Crippen LogP contribution >= 0.6 is 0 Å². The lowest BCUT2D eigenvalue weighted by Crippen LogP contribution is -2.13. The van der Waals surface area contributed by atoms with Gasteiger partial charge >= 0.3 is 0 Å². The van der Waals surface area contributed by atoms with Crippen LogP contribution in [0.5, 0.6) is 0 Å². The Morgan fingerprint density at radius 3 is 3.06 bits per heavy atom. The summed E-state index contributed by atoms with van der Waals surface area (Å²) in [5.74, 6) is 0. The van der Waals surface area contributed by atoms with Crippen molar-refractivity contribution in [3.8, 4) is 0 Å². The molecule has 16 heavy (non-hydrogen) atoms. The molecule has 0 saturated heterocycles. The zero-order chi connectivity index (χ0) is 11.4. The number of nitrogens with one attached hydrogen (secondary N) is 1. The quantitative estimate of drug-likeness (QED) is 0.792. The summed E-state index contributed by atoms with van der Waals surface area (Å²) in [5, 5.41) is 7.64. The van der Waals surface area contributed by atoms with E-state index in [4.69, 9.17) is 4.74 Å². The number of hydrogen-bond acceptors (Lipinski definition) is 3. The minimum atomic E-state index is 0.410. The second kappa shape index (κ2) is 5.16. The van der Waals surface area contributed by atoms with E-state index in [-0.39, 0.29) is 0 Å². The summed E-state index contributed by atoms with van der Waals surface area (Å²) in [4.78, 5) is 0. The van der Waals surface area contributed by atoms with Crippen molar-refractivity contribution in [2.24, 2.45) is 0 Å². The summed E-state index contributed by atoms with van der Waals surface area (Å²) in [6, 6.07) is 0.410. The van der Waals surface area contributed by atoms with E-state index in [0.29, 0.717) is 6.04 Å². The summed E-state index contributed by atoms with van der Waals surface area (Å²) < 4.78 is 7.34. The van der Waals surface area contributed by atoms with Crippen molar-refractivity contribution < 1.29 is 4.74 Å². The summed E-state index contributed by atoms with van der Waals surface area (Å²) in [6.45, 7) is 6.70. The monoisotopic (exact) mass is 221 g/mol. The Morgan fingerprint density at radius 1 is 1.56 bits per heavy atom. The molecule has 0 radical (unpaired) electrons. The van der Waals surface area contributed by atoms with Gasteiger partial charge in [-0.1, -0.05) is 6.08 Å². The van der Waals surface area contributed by atoms with Crippen LogP contribution in [0.25, 0.3) is 0 Å². The van der Waals surface area contributed by atoms with E-state index in [1.807, 2.05) is 17.1 Å². The van der Waals surface area contributed by atoms with Gasteiger partial charge in [0, 0.05) is 18.8 Å². The third-order valence-electron chi connectivity index (χ3n) is 2.63. The van der Waals surface area contributed by atoms with Crippen LogP contribution in [-0.2, 0) is 4.74 Å². The molecule has 4 heteroatoms. The fourth-order valence-corrected chi connectivity index (χ4v) is 1.66. The Morgan fingerprint density at radius 2 is 2.44 bits per heavy atom. The molecule has 88 valence electrons. The van der Waals surface area contributed by atoms with Crippen LogP contribution in [0.15, 0.2) is 24.0 Å². The molecule has 0 fully saturated rings. The van der Waals surface area contributed by atoms with Gasteiger partial charge in [0.05, 0.1) is 25.1 Å². The van der Waals surface area contributed by atoms with E-state index in [1.165, 1.54) is 5.57 Å². The van der Waals surface area contributed by atoms with E-state index >= 15 is 0 Å². The first-order chi connectivity index (χ1) is 7.75. The summed E-state index contributed by atoms with van der Waals surface area (Å²) in [5.41, 5.74) is 2.39. The van der Waals surface area contributed by atoms with Gasteiger partial charge in [-0.15, -0.1) is 0 Å². The molecule has 0 atom stereocenters. The molecule has 0 unspecified atom stereocenters. The van der Waals surface area contributed by atoms with Gasteiger partial charge in [0.2, 0.25) is 0 Å². The van der Waals surface area contributed by atoms with Crippen LogP contribution in [-0.4, -0.2) is 29.5 Å². The van der Waals surface area contributed by atoms with Crippen LogP contribution in [0, 0.1) is 0 Å². The van der Waals surface area contributed by atoms with Crippen LogP contribution in [0.4, 0.5) is 5.69 Å². The Labute approximate surface area is 96.3 Å². The molecule has 0 amide bonds. The minimum absolute atomic E-state index is 0.410. The predicted octanol–water partition coefficient (Wildman–Crippen LogP) is 2.22. The summed E-state index contributed by atoms with van der Waals surface area (Å²) in [6.07, 6.45) is 7.19. The summed E-state index contributed by atoms with van der Waals surface area (Å²) in [7, 11) is 0. The van der Waals surface area contributed by atoms with Crippen molar-refractivity contribution in [3.05, 3.63) is 24.0 Å². The predicted molar refractivity (Wildman–Crippen MR) is 64.6 cm³/mol. The van der Waals surface area contributed by atoms with Crippen LogP contribution < -0.4 is 5.32 Å². The van der Waals surface area contributed by atoms with Crippen LogP contribution in [0.3, 0.4) is 0 Å². The fourth-order valence-electron chi connectivity index (χ4n) is 1.66. The van der Waals surface area contributed by atoms with Gasteiger partial charge in [0.1, 0.15) is 0 Å². The highest BCUT2D eigenvalue weighted by molar-refractivity contribution is 5.40. The first-order valence-corrected chi connectivity index (χ1v) is 5.79. The van der Waals surface area contributed by atoms with E-state index in [0.717, 1.165) is 31.9 Å². The Kier molecular flexibility index (Phi) is 3.62. The van der Waals surface area contributed by atoms with Gasteiger partial charge in [-0.3, -0.25) is 4.68 Å². The molecule has 0 saturated carbocycles. The molecular weight excluding hydrogens is 202 g/mol. The van der Waals surface area contributed by atoms with Gasteiger partial charge in [-0.25, -0.2) is 0 Å². The maximum atomic E-state index is 5.38. The maximum absolute atomic E-state index is 5.38. The number of anilines is 1.